The molecule has 0 aliphatic carbocycles. The molecule has 2 heterocycles. The van der Waals surface area contributed by atoms with Crippen molar-refractivity contribution in [3.05, 3.63) is 12.2 Å². The summed E-state index contributed by atoms with van der Waals surface area (Å²) >= 11 is 0. The Labute approximate surface area is 103 Å². The standard InChI is InChI=1S/C12H22N4O/c1-3-13-11(10-4-6-17-7-5-10)8-12-14-9-15-16(12)2/h9-11,13H,3-8H2,1-2H3. The molecule has 96 valence electrons. The van der Waals surface area contributed by atoms with E-state index in [2.05, 4.69) is 22.3 Å². The lowest BCUT2D eigenvalue weighted by atomic mass is 9.89. The van der Waals surface area contributed by atoms with Gasteiger partial charge in [-0.05, 0) is 25.3 Å². The van der Waals surface area contributed by atoms with Crippen LogP contribution in [-0.4, -0.2) is 40.6 Å². The Morgan fingerprint density at radius 1 is 1.53 bits per heavy atom. The third kappa shape index (κ3) is 3.26. The van der Waals surface area contributed by atoms with Gasteiger partial charge < -0.3 is 10.1 Å². The molecule has 1 aliphatic rings. The van der Waals surface area contributed by atoms with Crippen LogP contribution in [0, 0.1) is 5.92 Å². The number of aromatic nitrogens is 3. The quantitative estimate of drug-likeness (QED) is 0.823. The molecule has 0 spiro atoms. The first-order valence-corrected chi connectivity index (χ1v) is 6.45. The summed E-state index contributed by atoms with van der Waals surface area (Å²) in [5.74, 6) is 1.75. The van der Waals surface area contributed by atoms with Crippen molar-refractivity contribution in [2.45, 2.75) is 32.2 Å². The molecule has 0 saturated carbocycles. The van der Waals surface area contributed by atoms with Crippen LogP contribution < -0.4 is 5.32 Å². The number of hydrogen-bond donors (Lipinski definition) is 1. The zero-order valence-corrected chi connectivity index (χ0v) is 10.7. The SMILES string of the molecule is CCNC(Cc1ncnn1C)C1CCOCC1. The molecule has 0 radical (unpaired) electrons. The maximum atomic E-state index is 5.43. The Morgan fingerprint density at radius 2 is 2.29 bits per heavy atom. The zero-order valence-electron chi connectivity index (χ0n) is 10.7. The predicted molar refractivity (Wildman–Crippen MR) is 65.7 cm³/mol. The summed E-state index contributed by atoms with van der Waals surface area (Å²) in [5.41, 5.74) is 0. The molecule has 1 saturated heterocycles. The smallest absolute Gasteiger partial charge is 0.138 e. The molecular formula is C12H22N4O. The fourth-order valence-electron chi connectivity index (χ4n) is 2.49. The number of aryl methyl sites for hydroxylation is 1. The van der Waals surface area contributed by atoms with Crippen molar-refractivity contribution in [3.63, 3.8) is 0 Å². The second-order valence-corrected chi connectivity index (χ2v) is 4.62. The van der Waals surface area contributed by atoms with Crippen LogP contribution in [0.25, 0.3) is 0 Å². The number of rotatable bonds is 5. The van der Waals surface area contributed by atoms with Crippen molar-refractivity contribution < 1.29 is 4.74 Å². The van der Waals surface area contributed by atoms with E-state index in [0.717, 1.165) is 44.8 Å². The molecule has 1 atom stereocenters. The summed E-state index contributed by atoms with van der Waals surface area (Å²) in [6.07, 6.45) is 4.88. The Morgan fingerprint density at radius 3 is 2.88 bits per heavy atom. The highest BCUT2D eigenvalue weighted by Crippen LogP contribution is 2.20. The van der Waals surface area contributed by atoms with Gasteiger partial charge in [-0.3, -0.25) is 4.68 Å². The van der Waals surface area contributed by atoms with Crippen LogP contribution in [0.3, 0.4) is 0 Å². The van der Waals surface area contributed by atoms with Gasteiger partial charge in [0.2, 0.25) is 0 Å². The Bertz CT molecular complexity index is 333. The number of hydrogen-bond acceptors (Lipinski definition) is 4. The van der Waals surface area contributed by atoms with E-state index in [0.29, 0.717) is 12.0 Å². The van der Waals surface area contributed by atoms with E-state index >= 15 is 0 Å². The number of likely N-dealkylation sites (N-methyl/N-ethyl adjacent to an activating group) is 1. The van der Waals surface area contributed by atoms with E-state index in [-0.39, 0.29) is 0 Å². The van der Waals surface area contributed by atoms with Crippen molar-refractivity contribution in [1.82, 2.24) is 20.1 Å². The number of nitrogens with one attached hydrogen (secondary N) is 1. The lowest BCUT2D eigenvalue weighted by Gasteiger charge is -2.30. The van der Waals surface area contributed by atoms with Gasteiger partial charge >= 0.3 is 0 Å². The van der Waals surface area contributed by atoms with Gasteiger partial charge in [0.05, 0.1) is 0 Å². The maximum absolute atomic E-state index is 5.43. The second-order valence-electron chi connectivity index (χ2n) is 4.62. The molecule has 1 fully saturated rings. The van der Waals surface area contributed by atoms with Crippen molar-refractivity contribution in [2.75, 3.05) is 19.8 Å². The molecule has 1 aromatic heterocycles. The lowest BCUT2D eigenvalue weighted by Crippen LogP contribution is -2.41. The summed E-state index contributed by atoms with van der Waals surface area (Å²) in [6.45, 7) is 4.94. The van der Waals surface area contributed by atoms with E-state index < -0.39 is 0 Å². The largest absolute Gasteiger partial charge is 0.381 e. The Kier molecular flexibility index (Phi) is 4.50. The van der Waals surface area contributed by atoms with E-state index in [4.69, 9.17) is 4.74 Å². The van der Waals surface area contributed by atoms with Crippen molar-refractivity contribution in [2.24, 2.45) is 13.0 Å². The molecule has 5 heteroatoms. The normalized spacial score (nSPS) is 19.4. The van der Waals surface area contributed by atoms with Crippen LogP contribution in [0.2, 0.25) is 0 Å². The zero-order chi connectivity index (χ0) is 12.1. The molecular weight excluding hydrogens is 216 g/mol. The van der Waals surface area contributed by atoms with Crippen LogP contribution >= 0.6 is 0 Å². The Balaban J connectivity index is 1.98. The molecule has 1 aliphatic heterocycles. The van der Waals surface area contributed by atoms with Crippen LogP contribution in [0.5, 0.6) is 0 Å². The van der Waals surface area contributed by atoms with Crippen molar-refractivity contribution in [1.29, 1.82) is 0 Å². The van der Waals surface area contributed by atoms with Gasteiger partial charge in [-0.15, -0.1) is 0 Å². The summed E-state index contributed by atoms with van der Waals surface area (Å²) in [4.78, 5) is 4.31. The molecule has 17 heavy (non-hydrogen) atoms. The third-order valence-corrected chi connectivity index (χ3v) is 3.51. The fraction of sp³-hybridized carbons (Fsp3) is 0.833. The highest BCUT2D eigenvalue weighted by Gasteiger charge is 2.24. The first-order valence-electron chi connectivity index (χ1n) is 6.45. The Hall–Kier alpha value is -0.940. The molecule has 1 aromatic rings. The van der Waals surface area contributed by atoms with Crippen LogP contribution in [0.15, 0.2) is 6.33 Å². The molecule has 1 unspecified atom stereocenters. The summed E-state index contributed by atoms with van der Waals surface area (Å²) in [7, 11) is 1.95. The average Bonchev–Trinajstić information content (AvgIpc) is 2.76. The lowest BCUT2D eigenvalue weighted by molar-refractivity contribution is 0.0536. The van der Waals surface area contributed by atoms with Gasteiger partial charge in [-0.1, -0.05) is 6.92 Å². The highest BCUT2D eigenvalue weighted by atomic mass is 16.5. The average molecular weight is 238 g/mol. The molecule has 0 bridgehead atoms. The molecule has 2 rings (SSSR count). The van der Waals surface area contributed by atoms with E-state index in [1.54, 1.807) is 6.33 Å². The number of nitrogens with zero attached hydrogens (tertiary/aromatic N) is 3. The van der Waals surface area contributed by atoms with Gasteiger partial charge in [0.15, 0.2) is 0 Å². The van der Waals surface area contributed by atoms with Gasteiger partial charge in [0, 0.05) is 32.7 Å². The van der Waals surface area contributed by atoms with E-state index in [1.807, 2.05) is 11.7 Å². The minimum absolute atomic E-state index is 0.492. The first-order chi connectivity index (χ1) is 8.31. The third-order valence-electron chi connectivity index (χ3n) is 3.51. The van der Waals surface area contributed by atoms with Crippen molar-refractivity contribution >= 4 is 0 Å². The van der Waals surface area contributed by atoms with Crippen LogP contribution in [-0.2, 0) is 18.2 Å². The van der Waals surface area contributed by atoms with Crippen LogP contribution in [0.4, 0.5) is 0 Å². The van der Waals surface area contributed by atoms with Gasteiger partial charge in [0.25, 0.3) is 0 Å². The van der Waals surface area contributed by atoms with E-state index in [1.165, 1.54) is 0 Å². The highest BCUT2D eigenvalue weighted by molar-refractivity contribution is 4.92. The van der Waals surface area contributed by atoms with E-state index in [9.17, 15) is 0 Å². The summed E-state index contributed by atoms with van der Waals surface area (Å²) in [6, 6.07) is 0.492. The van der Waals surface area contributed by atoms with Gasteiger partial charge in [-0.25, -0.2) is 4.98 Å². The summed E-state index contributed by atoms with van der Waals surface area (Å²) < 4.78 is 7.29. The molecule has 0 amide bonds. The van der Waals surface area contributed by atoms with Gasteiger partial charge in [-0.2, -0.15) is 5.10 Å². The van der Waals surface area contributed by atoms with Gasteiger partial charge in [0.1, 0.15) is 12.2 Å². The van der Waals surface area contributed by atoms with Crippen molar-refractivity contribution in [3.8, 4) is 0 Å². The summed E-state index contributed by atoms with van der Waals surface area (Å²) in [5, 5.41) is 7.71. The number of ether oxygens (including phenoxy) is 1. The minimum Gasteiger partial charge on any atom is -0.381 e. The fourth-order valence-corrected chi connectivity index (χ4v) is 2.49. The molecule has 0 aromatic carbocycles. The molecule has 1 N–H and O–H groups in total. The first kappa shape index (κ1) is 12.5. The maximum Gasteiger partial charge on any atom is 0.138 e. The topological polar surface area (TPSA) is 52.0 Å². The predicted octanol–water partition coefficient (Wildman–Crippen LogP) is 0.762. The monoisotopic (exact) mass is 238 g/mol. The molecule has 5 nitrogen and oxygen atoms in total. The minimum atomic E-state index is 0.492. The second kappa shape index (κ2) is 6.12. The van der Waals surface area contributed by atoms with Crippen LogP contribution in [0.1, 0.15) is 25.6 Å².